The van der Waals surface area contributed by atoms with E-state index in [1.807, 2.05) is 18.2 Å². The van der Waals surface area contributed by atoms with Crippen molar-refractivity contribution in [1.29, 1.82) is 5.26 Å². The summed E-state index contributed by atoms with van der Waals surface area (Å²) < 4.78 is 37.8. The Bertz CT molecular complexity index is 1390. The molecule has 2 atom stereocenters. The predicted molar refractivity (Wildman–Crippen MR) is 131 cm³/mol. The molecule has 182 valence electrons. The van der Waals surface area contributed by atoms with Crippen molar-refractivity contribution >= 4 is 12.0 Å². The Morgan fingerprint density at radius 3 is 2.83 bits per heavy atom. The third kappa shape index (κ3) is 4.38. The topological polar surface area (TPSA) is 77.8 Å². The molecule has 0 N–H and O–H groups in total. The zero-order valence-electron chi connectivity index (χ0n) is 19.8. The first-order valence-corrected chi connectivity index (χ1v) is 11.7. The number of ether oxygens (including phenoxy) is 4. The third-order valence-corrected chi connectivity index (χ3v) is 6.60. The monoisotopic (exact) mass is 485 g/mol. The second-order valence-electron chi connectivity index (χ2n) is 8.74. The van der Waals surface area contributed by atoms with E-state index in [1.165, 1.54) is 13.2 Å². The molecule has 1 aliphatic carbocycles. The van der Waals surface area contributed by atoms with Gasteiger partial charge in [0.15, 0.2) is 0 Å². The van der Waals surface area contributed by atoms with Gasteiger partial charge >= 0.3 is 5.97 Å². The number of rotatable bonds is 7. The van der Waals surface area contributed by atoms with Gasteiger partial charge in [-0.1, -0.05) is 24.8 Å². The van der Waals surface area contributed by atoms with Gasteiger partial charge in [-0.3, -0.25) is 4.79 Å². The molecule has 0 saturated heterocycles. The van der Waals surface area contributed by atoms with Crippen molar-refractivity contribution in [3.05, 3.63) is 88.7 Å². The quantitative estimate of drug-likeness (QED) is 0.369. The molecule has 0 radical (unpaired) electrons. The molecular formula is C29H24FNO5. The van der Waals surface area contributed by atoms with E-state index in [2.05, 4.69) is 12.6 Å². The molecule has 0 amide bonds. The predicted octanol–water partition coefficient (Wildman–Crippen LogP) is 6.24. The van der Waals surface area contributed by atoms with Gasteiger partial charge in [0.2, 0.25) is 0 Å². The molecule has 0 bridgehead atoms. The summed E-state index contributed by atoms with van der Waals surface area (Å²) in [5.74, 6) is 1.41. The van der Waals surface area contributed by atoms with Crippen LogP contribution in [0.4, 0.5) is 4.39 Å². The molecule has 0 aromatic heterocycles. The minimum Gasteiger partial charge on any atom is -0.492 e. The van der Waals surface area contributed by atoms with E-state index in [0.717, 1.165) is 16.7 Å². The van der Waals surface area contributed by atoms with E-state index < -0.39 is 6.10 Å². The Labute approximate surface area is 208 Å². The van der Waals surface area contributed by atoms with Crippen LogP contribution in [0.3, 0.4) is 0 Å². The maximum Gasteiger partial charge on any atom is 0.306 e. The lowest BCUT2D eigenvalue weighted by Crippen LogP contribution is -2.09. The number of halogens is 1. The highest BCUT2D eigenvalue weighted by Crippen LogP contribution is 2.44. The van der Waals surface area contributed by atoms with Crippen LogP contribution in [0.5, 0.6) is 23.0 Å². The van der Waals surface area contributed by atoms with Crippen molar-refractivity contribution in [3.8, 4) is 29.1 Å². The van der Waals surface area contributed by atoms with Gasteiger partial charge in [-0.25, -0.2) is 4.39 Å². The van der Waals surface area contributed by atoms with Crippen LogP contribution in [0.2, 0.25) is 0 Å². The molecule has 3 aromatic carbocycles. The molecule has 0 saturated carbocycles. The number of nitriles is 1. The molecular weight excluding hydrogens is 461 g/mol. The normalized spacial score (nSPS) is 17.4. The second kappa shape index (κ2) is 9.74. The lowest BCUT2D eigenvalue weighted by atomic mass is 9.98. The van der Waals surface area contributed by atoms with Gasteiger partial charge in [-0.05, 0) is 48.7 Å². The molecule has 2 aliphatic rings. The van der Waals surface area contributed by atoms with Crippen molar-refractivity contribution in [2.75, 3.05) is 13.7 Å². The summed E-state index contributed by atoms with van der Waals surface area (Å²) in [4.78, 5) is 11.7. The van der Waals surface area contributed by atoms with Crippen molar-refractivity contribution < 1.29 is 28.1 Å². The highest BCUT2D eigenvalue weighted by Gasteiger charge is 2.32. The SMILES string of the molecule is C=Cc1ccc(Oc2ccc(F)c3c2CCC3Oc2ccc3c(c2)OCC3CC(=O)OC)c(C#N)c1. The van der Waals surface area contributed by atoms with Gasteiger partial charge in [-0.2, -0.15) is 5.26 Å². The number of carbonyl (C=O) groups excluding carboxylic acids is 1. The molecule has 0 spiro atoms. The summed E-state index contributed by atoms with van der Waals surface area (Å²) in [5.41, 5.74) is 3.30. The molecule has 3 aromatic rings. The molecule has 0 fully saturated rings. The molecule has 6 nitrogen and oxygen atoms in total. The van der Waals surface area contributed by atoms with Gasteiger partial charge in [0, 0.05) is 28.7 Å². The third-order valence-electron chi connectivity index (χ3n) is 6.60. The molecule has 36 heavy (non-hydrogen) atoms. The Morgan fingerprint density at radius 1 is 1.22 bits per heavy atom. The van der Waals surface area contributed by atoms with E-state index in [9.17, 15) is 14.4 Å². The van der Waals surface area contributed by atoms with E-state index in [0.29, 0.717) is 53.6 Å². The summed E-state index contributed by atoms with van der Waals surface area (Å²) in [5, 5.41) is 9.52. The molecule has 2 unspecified atom stereocenters. The first-order valence-electron chi connectivity index (χ1n) is 11.7. The van der Waals surface area contributed by atoms with E-state index in [-0.39, 0.29) is 24.1 Å². The minimum absolute atomic E-state index is 0.0651. The standard InChI is InChI=1S/C29H24FNO5/c1-3-17-4-9-24(18(12-17)15-31)36-25-11-8-23(30)29-22(25)7-10-26(29)35-20-5-6-21-19(13-28(32)33-2)16-34-27(21)14-20/h3-6,8-9,11-12,14,19,26H,1,7,10,13,16H2,2H3. The van der Waals surface area contributed by atoms with Crippen LogP contribution < -0.4 is 14.2 Å². The first kappa shape index (κ1) is 23.4. The average Bonchev–Trinajstić information content (AvgIpc) is 3.50. The minimum atomic E-state index is -0.493. The average molecular weight is 486 g/mol. The Balaban J connectivity index is 1.37. The fraction of sp³-hybridized carbons (Fsp3) is 0.241. The Morgan fingerprint density at radius 2 is 2.06 bits per heavy atom. The van der Waals surface area contributed by atoms with Crippen LogP contribution in [0.15, 0.2) is 55.1 Å². The number of benzene rings is 3. The van der Waals surface area contributed by atoms with Crippen LogP contribution in [-0.2, 0) is 16.0 Å². The molecule has 1 heterocycles. The van der Waals surface area contributed by atoms with E-state index in [1.54, 1.807) is 30.3 Å². The highest BCUT2D eigenvalue weighted by molar-refractivity contribution is 5.71. The molecule has 1 aliphatic heterocycles. The number of methoxy groups -OCH3 is 1. The highest BCUT2D eigenvalue weighted by atomic mass is 19.1. The Kier molecular flexibility index (Phi) is 6.34. The number of esters is 1. The number of carbonyl (C=O) groups is 1. The summed E-state index contributed by atoms with van der Waals surface area (Å²) in [6.07, 6.45) is 2.56. The number of fused-ring (bicyclic) bond motifs is 2. The van der Waals surface area contributed by atoms with E-state index in [4.69, 9.17) is 18.9 Å². The zero-order chi connectivity index (χ0) is 25.2. The van der Waals surface area contributed by atoms with Crippen LogP contribution >= 0.6 is 0 Å². The fourth-order valence-corrected chi connectivity index (χ4v) is 4.77. The van der Waals surface area contributed by atoms with Crippen LogP contribution in [0, 0.1) is 17.1 Å². The largest absolute Gasteiger partial charge is 0.492 e. The number of hydrogen-bond acceptors (Lipinski definition) is 6. The van der Waals surface area contributed by atoms with Gasteiger partial charge in [-0.15, -0.1) is 0 Å². The molecule has 5 rings (SSSR count). The van der Waals surface area contributed by atoms with Crippen LogP contribution in [-0.4, -0.2) is 19.7 Å². The maximum absolute atomic E-state index is 15.0. The fourth-order valence-electron chi connectivity index (χ4n) is 4.77. The summed E-state index contributed by atoms with van der Waals surface area (Å²) in [7, 11) is 1.37. The van der Waals surface area contributed by atoms with Crippen molar-refractivity contribution in [1.82, 2.24) is 0 Å². The number of nitrogens with zero attached hydrogens (tertiary/aromatic N) is 1. The van der Waals surface area contributed by atoms with Crippen molar-refractivity contribution in [3.63, 3.8) is 0 Å². The van der Waals surface area contributed by atoms with Crippen LogP contribution in [0.25, 0.3) is 6.08 Å². The van der Waals surface area contributed by atoms with Gasteiger partial charge in [0.05, 0.1) is 25.7 Å². The van der Waals surface area contributed by atoms with Crippen molar-refractivity contribution in [2.45, 2.75) is 31.3 Å². The summed E-state index contributed by atoms with van der Waals surface area (Å²) in [6.45, 7) is 4.12. The van der Waals surface area contributed by atoms with Gasteiger partial charge in [0.1, 0.15) is 41.0 Å². The lowest BCUT2D eigenvalue weighted by molar-refractivity contribution is -0.141. The summed E-state index contributed by atoms with van der Waals surface area (Å²) in [6, 6.07) is 15.8. The second-order valence-corrected chi connectivity index (χ2v) is 8.74. The smallest absolute Gasteiger partial charge is 0.306 e. The van der Waals surface area contributed by atoms with Crippen LogP contribution in [0.1, 0.15) is 52.7 Å². The number of hydrogen-bond donors (Lipinski definition) is 0. The zero-order valence-corrected chi connectivity index (χ0v) is 19.8. The van der Waals surface area contributed by atoms with Gasteiger partial charge < -0.3 is 18.9 Å². The Hall–Kier alpha value is -4.31. The maximum atomic E-state index is 15.0. The lowest BCUT2D eigenvalue weighted by Gasteiger charge is -2.17. The van der Waals surface area contributed by atoms with E-state index >= 15 is 0 Å². The van der Waals surface area contributed by atoms with Gasteiger partial charge in [0.25, 0.3) is 0 Å². The first-order chi connectivity index (χ1) is 17.5. The van der Waals surface area contributed by atoms with Crippen molar-refractivity contribution in [2.24, 2.45) is 0 Å². The summed E-state index contributed by atoms with van der Waals surface area (Å²) >= 11 is 0. The molecule has 7 heteroatoms.